The van der Waals surface area contributed by atoms with Gasteiger partial charge in [0.05, 0.1) is 11.7 Å². The highest BCUT2D eigenvalue weighted by Gasteiger charge is 2.62. The number of amides is 1. The zero-order valence-corrected chi connectivity index (χ0v) is 14.4. The van der Waals surface area contributed by atoms with E-state index in [2.05, 4.69) is 11.3 Å². The van der Waals surface area contributed by atoms with E-state index in [0.717, 1.165) is 25.5 Å². The normalized spacial score (nSPS) is 38.2. The van der Waals surface area contributed by atoms with Crippen molar-refractivity contribution in [1.29, 1.82) is 0 Å². The molecule has 1 N–H and O–H groups in total. The fourth-order valence-corrected chi connectivity index (χ4v) is 5.68. The second-order valence-corrected chi connectivity index (χ2v) is 9.55. The summed E-state index contributed by atoms with van der Waals surface area (Å²) in [6.45, 7) is 5.23. The number of hydrogen-bond acceptors (Lipinski definition) is 5. The third-order valence-corrected chi connectivity index (χ3v) is 5.98. The third kappa shape index (κ3) is 3.03. The van der Waals surface area contributed by atoms with Crippen molar-refractivity contribution in [2.75, 3.05) is 6.26 Å². The lowest BCUT2D eigenvalue weighted by atomic mass is 9.47. The predicted molar refractivity (Wildman–Crippen MR) is 83.7 cm³/mol. The van der Waals surface area contributed by atoms with E-state index in [4.69, 9.17) is 4.74 Å². The molecule has 2 atom stereocenters. The highest BCUT2D eigenvalue weighted by Crippen LogP contribution is 2.63. The topological polar surface area (TPSA) is 89.5 Å². The molecule has 4 aliphatic carbocycles. The maximum atomic E-state index is 12.6. The van der Waals surface area contributed by atoms with Crippen LogP contribution < -0.4 is 4.72 Å². The number of ether oxygens (including phenoxy) is 1. The van der Waals surface area contributed by atoms with Crippen molar-refractivity contribution in [3.05, 3.63) is 12.2 Å². The van der Waals surface area contributed by atoms with E-state index in [1.165, 1.54) is 0 Å². The van der Waals surface area contributed by atoms with Crippen LogP contribution in [0, 0.1) is 17.3 Å². The van der Waals surface area contributed by atoms with Crippen LogP contribution in [0.1, 0.15) is 45.4 Å². The highest BCUT2D eigenvalue weighted by molar-refractivity contribution is 7.89. The summed E-state index contributed by atoms with van der Waals surface area (Å²) in [7, 11) is -3.59. The third-order valence-electron chi connectivity index (χ3n) is 5.42. The Labute approximate surface area is 136 Å². The fourth-order valence-electron chi connectivity index (χ4n) is 5.12. The molecule has 0 aromatic carbocycles. The van der Waals surface area contributed by atoms with Gasteiger partial charge in [-0.1, -0.05) is 6.58 Å². The Hall–Kier alpha value is -1.37. The summed E-state index contributed by atoms with van der Waals surface area (Å²) in [5, 5.41) is 0. The van der Waals surface area contributed by atoms with Crippen LogP contribution >= 0.6 is 0 Å². The monoisotopic (exact) mass is 341 g/mol. The summed E-state index contributed by atoms with van der Waals surface area (Å²) in [6, 6.07) is 0. The van der Waals surface area contributed by atoms with Crippen molar-refractivity contribution in [1.82, 2.24) is 4.72 Å². The molecular formula is C16H23NO5S. The number of carbonyl (C=O) groups excluding carboxylic acids is 2. The van der Waals surface area contributed by atoms with Crippen molar-refractivity contribution in [2.45, 2.75) is 51.0 Å². The van der Waals surface area contributed by atoms with Crippen LogP contribution in [0.2, 0.25) is 0 Å². The van der Waals surface area contributed by atoms with Crippen LogP contribution in [-0.2, 0) is 24.3 Å². The van der Waals surface area contributed by atoms with E-state index >= 15 is 0 Å². The van der Waals surface area contributed by atoms with Crippen molar-refractivity contribution in [3.63, 3.8) is 0 Å². The molecule has 4 bridgehead atoms. The molecule has 4 aliphatic rings. The summed E-state index contributed by atoms with van der Waals surface area (Å²) in [6.07, 6.45) is 5.30. The second kappa shape index (κ2) is 5.06. The van der Waals surface area contributed by atoms with Crippen LogP contribution in [0.3, 0.4) is 0 Å². The standard InChI is InChI=1S/C16H23NO5S/c1-10(2)13(18)22-16-7-11-4-12(8-16)6-15(5-11,9-16)14(19)17-23(3,20)21/h11-12H,1,4-9H2,2-3H3,(H,17,19). The van der Waals surface area contributed by atoms with Crippen molar-refractivity contribution >= 4 is 21.9 Å². The van der Waals surface area contributed by atoms with Crippen LogP contribution in [0.4, 0.5) is 0 Å². The number of esters is 1. The van der Waals surface area contributed by atoms with Gasteiger partial charge in [-0.3, -0.25) is 9.52 Å². The van der Waals surface area contributed by atoms with E-state index in [1.807, 2.05) is 0 Å². The quantitative estimate of drug-likeness (QED) is 0.618. The number of sulfonamides is 1. The molecule has 2 unspecified atom stereocenters. The van der Waals surface area contributed by atoms with Gasteiger partial charge in [0.1, 0.15) is 5.60 Å². The van der Waals surface area contributed by atoms with Gasteiger partial charge >= 0.3 is 5.97 Å². The number of rotatable bonds is 4. The summed E-state index contributed by atoms with van der Waals surface area (Å²) >= 11 is 0. The van der Waals surface area contributed by atoms with Gasteiger partial charge in [-0.2, -0.15) is 0 Å². The highest BCUT2D eigenvalue weighted by atomic mass is 32.2. The SMILES string of the molecule is C=C(C)C(=O)OC12CC3CC(C1)CC(C(=O)NS(C)(=O)=O)(C3)C2. The van der Waals surface area contributed by atoms with Gasteiger partial charge in [-0.15, -0.1) is 0 Å². The summed E-state index contributed by atoms with van der Waals surface area (Å²) in [5.41, 5.74) is -1.03. The minimum Gasteiger partial charge on any atom is -0.456 e. The lowest BCUT2D eigenvalue weighted by Gasteiger charge is -2.60. The van der Waals surface area contributed by atoms with Crippen molar-refractivity contribution in [3.8, 4) is 0 Å². The molecule has 1 amide bonds. The number of nitrogens with one attached hydrogen (secondary N) is 1. The molecule has 4 rings (SSSR count). The van der Waals surface area contributed by atoms with E-state index in [0.29, 0.717) is 36.7 Å². The van der Waals surface area contributed by atoms with Gasteiger partial charge in [0.25, 0.3) is 0 Å². The van der Waals surface area contributed by atoms with Crippen LogP contribution in [0.25, 0.3) is 0 Å². The lowest BCUT2D eigenvalue weighted by Crippen LogP contribution is -2.61. The number of hydrogen-bond donors (Lipinski definition) is 1. The minimum atomic E-state index is -3.59. The van der Waals surface area contributed by atoms with Crippen LogP contribution in [0.15, 0.2) is 12.2 Å². The van der Waals surface area contributed by atoms with Gasteiger partial charge < -0.3 is 4.74 Å². The Morgan fingerprint density at radius 3 is 2.22 bits per heavy atom. The van der Waals surface area contributed by atoms with Gasteiger partial charge in [0.15, 0.2) is 0 Å². The Morgan fingerprint density at radius 2 is 1.74 bits per heavy atom. The van der Waals surface area contributed by atoms with Crippen molar-refractivity contribution < 1.29 is 22.7 Å². The minimum absolute atomic E-state index is 0.305. The summed E-state index contributed by atoms with van der Waals surface area (Å²) in [5.74, 6) is -0.255. The average molecular weight is 341 g/mol. The molecule has 23 heavy (non-hydrogen) atoms. The average Bonchev–Trinajstić information content (AvgIpc) is 2.34. The first kappa shape index (κ1) is 16.5. The lowest BCUT2D eigenvalue weighted by molar-refractivity contribution is -0.200. The van der Waals surface area contributed by atoms with Gasteiger partial charge in [-0.25, -0.2) is 13.2 Å². The molecule has 0 heterocycles. The molecule has 0 aromatic heterocycles. The van der Waals surface area contributed by atoms with Gasteiger partial charge in [-0.05, 0) is 50.9 Å². The molecule has 128 valence electrons. The van der Waals surface area contributed by atoms with E-state index in [-0.39, 0.29) is 0 Å². The fraction of sp³-hybridized carbons (Fsp3) is 0.750. The largest absolute Gasteiger partial charge is 0.456 e. The zero-order chi connectivity index (χ0) is 17.0. The van der Waals surface area contributed by atoms with Gasteiger partial charge in [0, 0.05) is 12.0 Å². The Bertz CT molecular complexity index is 667. The second-order valence-electron chi connectivity index (χ2n) is 7.80. The summed E-state index contributed by atoms with van der Waals surface area (Å²) in [4.78, 5) is 24.6. The molecule has 0 aliphatic heterocycles. The molecule has 0 aromatic rings. The molecule has 6 nitrogen and oxygen atoms in total. The summed E-state index contributed by atoms with van der Waals surface area (Å²) < 4.78 is 30.8. The van der Waals surface area contributed by atoms with E-state index < -0.39 is 32.9 Å². The Kier molecular flexibility index (Phi) is 3.63. The first-order valence-corrected chi connectivity index (χ1v) is 9.83. The molecule has 4 saturated carbocycles. The smallest absolute Gasteiger partial charge is 0.333 e. The molecule has 7 heteroatoms. The van der Waals surface area contributed by atoms with E-state index in [9.17, 15) is 18.0 Å². The molecule has 0 spiro atoms. The molecular weight excluding hydrogens is 318 g/mol. The first-order valence-electron chi connectivity index (χ1n) is 7.94. The van der Waals surface area contributed by atoms with Crippen LogP contribution in [0.5, 0.6) is 0 Å². The molecule has 4 fully saturated rings. The zero-order valence-electron chi connectivity index (χ0n) is 13.6. The molecule has 0 saturated heterocycles. The van der Waals surface area contributed by atoms with Crippen molar-refractivity contribution in [2.24, 2.45) is 17.3 Å². The van der Waals surface area contributed by atoms with Gasteiger partial charge in [0.2, 0.25) is 15.9 Å². The Morgan fingerprint density at radius 1 is 1.17 bits per heavy atom. The maximum Gasteiger partial charge on any atom is 0.333 e. The maximum absolute atomic E-state index is 12.6. The first-order chi connectivity index (χ1) is 10.5. The van der Waals surface area contributed by atoms with E-state index in [1.54, 1.807) is 6.92 Å². The Balaban J connectivity index is 1.88. The number of carbonyl (C=O) groups is 2. The van der Waals surface area contributed by atoms with Crippen LogP contribution in [-0.4, -0.2) is 32.2 Å². The predicted octanol–water partition coefficient (Wildman–Crippen LogP) is 1.52. The molecule has 0 radical (unpaired) electrons.